The van der Waals surface area contributed by atoms with E-state index in [-0.39, 0.29) is 11.7 Å². The third-order valence-corrected chi connectivity index (χ3v) is 8.34. The largest absolute Gasteiger partial charge is 0.477 e. The molecule has 0 bridgehead atoms. The number of nitrogens with two attached hydrogens (primary N) is 1. The lowest BCUT2D eigenvalue weighted by atomic mass is 10.0. The van der Waals surface area contributed by atoms with Gasteiger partial charge >= 0.3 is 0 Å². The summed E-state index contributed by atoms with van der Waals surface area (Å²) in [5.74, 6) is 1.18. The van der Waals surface area contributed by atoms with Crippen molar-refractivity contribution >= 4 is 29.8 Å². The van der Waals surface area contributed by atoms with Crippen LogP contribution in [0.1, 0.15) is 47.7 Å². The summed E-state index contributed by atoms with van der Waals surface area (Å²) in [6.45, 7) is 4.67. The van der Waals surface area contributed by atoms with E-state index in [1.807, 2.05) is 17.0 Å². The maximum absolute atomic E-state index is 14.3. The number of nitrogens with zero attached hydrogens (tertiary/aromatic N) is 3. The Bertz CT molecular complexity index is 1040. The van der Waals surface area contributed by atoms with Crippen LogP contribution in [0.5, 0.6) is 5.88 Å². The van der Waals surface area contributed by atoms with Crippen molar-refractivity contribution in [3.8, 4) is 5.88 Å². The molecule has 188 valence electrons. The van der Waals surface area contributed by atoms with Gasteiger partial charge < -0.3 is 14.4 Å². The Morgan fingerprint density at radius 2 is 1.89 bits per heavy atom. The van der Waals surface area contributed by atoms with Crippen LogP contribution < -0.4 is 9.88 Å². The topological polar surface area (TPSA) is 80.9 Å². The minimum Gasteiger partial charge on any atom is -0.477 e. The minimum atomic E-state index is -0.276. The molecule has 0 unspecified atom stereocenters. The fraction of sp³-hybridized carbons (Fsp3) is 0.520. The number of aromatic nitrogens is 1. The van der Waals surface area contributed by atoms with Gasteiger partial charge in [-0.1, -0.05) is 0 Å². The minimum absolute atomic E-state index is 0.00497. The number of carbonyl (C=O) groups is 1. The van der Waals surface area contributed by atoms with Crippen molar-refractivity contribution in [2.45, 2.75) is 41.4 Å². The highest BCUT2D eigenvalue weighted by molar-refractivity contribution is 7.97. The van der Waals surface area contributed by atoms with E-state index in [1.54, 1.807) is 12.1 Å². The van der Waals surface area contributed by atoms with Crippen LogP contribution in [0.2, 0.25) is 0 Å². The Morgan fingerprint density at radius 3 is 2.57 bits per heavy atom. The van der Waals surface area contributed by atoms with Gasteiger partial charge in [-0.05, 0) is 79.8 Å². The SMILES string of the molecule is NSc1ccc(SN2CCN(C(=O)c3cc(OCC4CCOCC4)nc(C4CC4)c3)CC2)c(F)c1. The highest BCUT2D eigenvalue weighted by atomic mass is 32.2. The lowest BCUT2D eigenvalue weighted by Crippen LogP contribution is -2.46. The maximum Gasteiger partial charge on any atom is 0.254 e. The normalized spacial score (nSPS) is 19.7. The van der Waals surface area contributed by atoms with Crippen LogP contribution in [-0.2, 0) is 4.74 Å². The summed E-state index contributed by atoms with van der Waals surface area (Å²) in [4.78, 5) is 21.2. The van der Waals surface area contributed by atoms with Crippen LogP contribution in [0.25, 0.3) is 0 Å². The van der Waals surface area contributed by atoms with Crippen LogP contribution in [0.3, 0.4) is 0 Å². The standard InChI is InChI=1S/C25H31FN4O3S2/c26-21-15-20(34-27)3-4-23(21)35-30-9-7-29(8-10-30)25(31)19-13-22(18-1-2-18)28-24(14-19)33-16-17-5-11-32-12-6-17/h3-4,13-15,17-18H,1-2,5-12,16,27H2. The highest BCUT2D eigenvalue weighted by Gasteiger charge is 2.29. The van der Waals surface area contributed by atoms with E-state index in [1.165, 1.54) is 18.0 Å². The molecular formula is C25H31FN4O3S2. The molecule has 2 aromatic rings. The van der Waals surface area contributed by atoms with E-state index in [0.29, 0.717) is 65.9 Å². The monoisotopic (exact) mass is 518 g/mol. The van der Waals surface area contributed by atoms with Gasteiger partial charge in [0.2, 0.25) is 5.88 Å². The van der Waals surface area contributed by atoms with E-state index in [2.05, 4.69) is 4.31 Å². The molecule has 1 aromatic carbocycles. The molecule has 5 rings (SSSR count). The summed E-state index contributed by atoms with van der Waals surface area (Å²) in [7, 11) is 0. The molecule has 10 heteroatoms. The lowest BCUT2D eigenvalue weighted by Gasteiger charge is -2.34. The number of rotatable bonds is 8. The molecule has 0 spiro atoms. The van der Waals surface area contributed by atoms with Gasteiger partial charge in [0.25, 0.3) is 5.91 Å². The molecule has 0 atom stereocenters. The highest BCUT2D eigenvalue weighted by Crippen LogP contribution is 2.40. The molecule has 1 amide bonds. The van der Waals surface area contributed by atoms with Crippen LogP contribution >= 0.6 is 23.9 Å². The molecule has 2 aliphatic heterocycles. The smallest absolute Gasteiger partial charge is 0.254 e. The predicted molar refractivity (Wildman–Crippen MR) is 135 cm³/mol. The molecule has 35 heavy (non-hydrogen) atoms. The fourth-order valence-corrected chi connectivity index (χ4v) is 5.58. The number of amides is 1. The molecule has 2 N–H and O–H groups in total. The zero-order valence-electron chi connectivity index (χ0n) is 19.7. The van der Waals surface area contributed by atoms with Crippen molar-refractivity contribution in [1.82, 2.24) is 14.2 Å². The van der Waals surface area contributed by atoms with Crippen molar-refractivity contribution in [2.24, 2.45) is 11.1 Å². The van der Waals surface area contributed by atoms with Gasteiger partial charge in [-0.15, -0.1) is 0 Å². The number of halogens is 1. The average molecular weight is 519 g/mol. The molecule has 0 radical (unpaired) electrons. The first kappa shape index (κ1) is 24.8. The number of piperazine rings is 1. The van der Waals surface area contributed by atoms with Crippen molar-refractivity contribution in [1.29, 1.82) is 0 Å². The van der Waals surface area contributed by atoms with Crippen LogP contribution in [-0.4, -0.2) is 66.1 Å². The Balaban J connectivity index is 1.20. The number of hydrogen-bond donors (Lipinski definition) is 1. The second kappa shape index (κ2) is 11.5. The van der Waals surface area contributed by atoms with Crippen molar-refractivity contribution in [2.75, 3.05) is 46.0 Å². The van der Waals surface area contributed by atoms with Crippen LogP contribution in [0.4, 0.5) is 4.39 Å². The maximum atomic E-state index is 14.3. The van der Waals surface area contributed by atoms with Gasteiger partial charge in [0.15, 0.2) is 0 Å². The van der Waals surface area contributed by atoms with Gasteiger partial charge in [0.05, 0.1) is 11.5 Å². The molecular weight excluding hydrogens is 487 g/mol. The van der Waals surface area contributed by atoms with E-state index >= 15 is 0 Å². The number of carbonyl (C=O) groups excluding carboxylic acids is 1. The molecule has 1 aliphatic carbocycles. The van der Waals surface area contributed by atoms with E-state index in [9.17, 15) is 9.18 Å². The molecule has 1 saturated carbocycles. The van der Waals surface area contributed by atoms with E-state index < -0.39 is 0 Å². The summed E-state index contributed by atoms with van der Waals surface area (Å²) >= 11 is 2.42. The van der Waals surface area contributed by atoms with Gasteiger partial charge in [-0.2, -0.15) is 0 Å². The van der Waals surface area contributed by atoms with Gasteiger partial charge in [0, 0.05) is 67.5 Å². The number of ether oxygens (including phenoxy) is 2. The average Bonchev–Trinajstić information content (AvgIpc) is 3.75. The second-order valence-corrected chi connectivity index (χ2v) is 11.1. The Kier molecular flexibility index (Phi) is 8.14. The lowest BCUT2D eigenvalue weighted by molar-refractivity contribution is 0.0489. The van der Waals surface area contributed by atoms with Crippen LogP contribution in [0.15, 0.2) is 40.1 Å². The number of hydrogen-bond acceptors (Lipinski definition) is 8. The third-order valence-electron chi connectivity index (χ3n) is 6.66. The Hall–Kier alpha value is -1.85. The van der Waals surface area contributed by atoms with Gasteiger partial charge in [0.1, 0.15) is 5.82 Å². The number of benzene rings is 1. The Labute approximate surface area is 214 Å². The zero-order valence-corrected chi connectivity index (χ0v) is 21.3. The summed E-state index contributed by atoms with van der Waals surface area (Å²) in [5, 5.41) is 5.51. The van der Waals surface area contributed by atoms with Gasteiger partial charge in [-0.25, -0.2) is 13.7 Å². The van der Waals surface area contributed by atoms with Crippen LogP contribution in [0, 0.1) is 11.7 Å². The van der Waals surface area contributed by atoms with Crippen molar-refractivity contribution in [3.05, 3.63) is 47.4 Å². The third kappa shape index (κ3) is 6.48. The summed E-state index contributed by atoms with van der Waals surface area (Å²) < 4.78 is 27.9. The first-order chi connectivity index (χ1) is 17.1. The van der Waals surface area contributed by atoms with E-state index in [0.717, 1.165) is 56.5 Å². The summed E-state index contributed by atoms with van der Waals surface area (Å²) in [6.07, 6.45) is 4.22. The molecule has 3 heterocycles. The van der Waals surface area contributed by atoms with Gasteiger partial charge in [-0.3, -0.25) is 9.93 Å². The molecule has 3 fully saturated rings. The molecule has 3 aliphatic rings. The molecule has 1 aromatic heterocycles. The first-order valence-corrected chi connectivity index (χ1v) is 13.9. The Morgan fingerprint density at radius 1 is 1.11 bits per heavy atom. The summed E-state index contributed by atoms with van der Waals surface area (Å²) in [6, 6.07) is 8.76. The number of pyridine rings is 1. The fourth-order valence-electron chi connectivity index (χ4n) is 4.36. The molecule has 7 nitrogen and oxygen atoms in total. The predicted octanol–water partition coefficient (Wildman–Crippen LogP) is 4.33. The molecule has 2 saturated heterocycles. The summed E-state index contributed by atoms with van der Waals surface area (Å²) in [5.41, 5.74) is 1.60. The van der Waals surface area contributed by atoms with Crippen molar-refractivity contribution < 1.29 is 18.7 Å². The quantitative estimate of drug-likeness (QED) is 0.517. The first-order valence-electron chi connectivity index (χ1n) is 12.2. The second-order valence-electron chi connectivity index (χ2n) is 9.28. The zero-order chi connectivity index (χ0) is 24.2. The van der Waals surface area contributed by atoms with Crippen molar-refractivity contribution in [3.63, 3.8) is 0 Å². The van der Waals surface area contributed by atoms with E-state index in [4.69, 9.17) is 19.6 Å².